The van der Waals surface area contributed by atoms with E-state index >= 15 is 0 Å². The molecule has 3 nitrogen and oxygen atoms in total. The molecule has 0 aliphatic heterocycles. The molecule has 0 aliphatic rings. The average Bonchev–Trinajstić information content (AvgIpc) is 2.51. The zero-order valence-electron chi connectivity index (χ0n) is 7.88. The minimum Gasteiger partial charge on any atom is -0.360 e. The minimum atomic E-state index is 0.566. The van der Waals surface area contributed by atoms with E-state index in [0.717, 1.165) is 24.8 Å². The second kappa shape index (κ2) is 5.42. The smallest absolute Gasteiger partial charge is 0.184 e. The Hall–Kier alpha value is -0.320. The monoisotopic (exact) mass is 219 g/mol. The summed E-state index contributed by atoms with van der Waals surface area (Å²) < 4.78 is 0. The lowest BCUT2D eigenvalue weighted by Gasteiger charge is -2.13. The Morgan fingerprint density at radius 2 is 2.46 bits per heavy atom. The van der Waals surface area contributed by atoms with Crippen molar-refractivity contribution in [1.29, 1.82) is 0 Å². The molecule has 13 heavy (non-hydrogen) atoms. The molecular formula is C8H14ClN3S. The molecule has 0 amide bonds. The van der Waals surface area contributed by atoms with E-state index in [1.54, 1.807) is 0 Å². The Morgan fingerprint density at radius 3 is 3.00 bits per heavy atom. The summed E-state index contributed by atoms with van der Waals surface area (Å²) in [5, 5.41) is 6.50. The minimum absolute atomic E-state index is 0.566. The summed E-state index contributed by atoms with van der Waals surface area (Å²) in [6.45, 7) is 5.14. The molecule has 1 heterocycles. The number of aromatic nitrogens is 1. The topological polar surface area (TPSA) is 28.2 Å². The zero-order valence-corrected chi connectivity index (χ0v) is 9.45. The largest absolute Gasteiger partial charge is 0.360 e. The number of likely N-dealkylation sites (N-methyl/N-ethyl adjacent to an activating group) is 1. The van der Waals surface area contributed by atoms with E-state index in [0.29, 0.717) is 5.15 Å². The van der Waals surface area contributed by atoms with Crippen LogP contribution in [0.25, 0.3) is 0 Å². The first-order valence-corrected chi connectivity index (χ1v) is 5.51. The van der Waals surface area contributed by atoms with Gasteiger partial charge in [0.1, 0.15) is 5.15 Å². The van der Waals surface area contributed by atoms with Crippen molar-refractivity contribution in [3.05, 3.63) is 10.5 Å². The second-order valence-electron chi connectivity index (χ2n) is 2.80. The molecule has 0 atom stereocenters. The molecule has 0 spiro atoms. The van der Waals surface area contributed by atoms with E-state index in [9.17, 15) is 0 Å². The summed E-state index contributed by atoms with van der Waals surface area (Å²) in [5.74, 6) is 0. The highest BCUT2D eigenvalue weighted by Gasteiger charge is 1.98. The third-order valence-corrected chi connectivity index (χ3v) is 2.91. The van der Waals surface area contributed by atoms with Crippen molar-refractivity contribution in [2.24, 2.45) is 0 Å². The summed E-state index contributed by atoms with van der Waals surface area (Å²) in [6.07, 6.45) is 0. The number of nitrogens with one attached hydrogen (secondary N) is 1. The molecule has 0 saturated heterocycles. The lowest BCUT2D eigenvalue weighted by Crippen LogP contribution is -2.24. The summed E-state index contributed by atoms with van der Waals surface area (Å²) in [4.78, 5) is 6.33. The SMILES string of the molecule is CCN(C)CCNc1nc(Cl)cs1. The van der Waals surface area contributed by atoms with Crippen LogP contribution in [0, 0.1) is 0 Å². The van der Waals surface area contributed by atoms with Crippen LogP contribution in [0.5, 0.6) is 0 Å². The number of nitrogens with zero attached hydrogens (tertiary/aromatic N) is 2. The first kappa shape index (κ1) is 10.8. The highest BCUT2D eigenvalue weighted by molar-refractivity contribution is 7.14. The Balaban J connectivity index is 2.20. The molecule has 0 aromatic carbocycles. The van der Waals surface area contributed by atoms with Gasteiger partial charge in [-0.25, -0.2) is 4.98 Å². The molecule has 0 unspecified atom stereocenters. The summed E-state index contributed by atoms with van der Waals surface area (Å²) in [6, 6.07) is 0. The fourth-order valence-corrected chi connectivity index (χ4v) is 1.71. The highest BCUT2D eigenvalue weighted by atomic mass is 35.5. The Bertz CT molecular complexity index is 251. The first-order chi connectivity index (χ1) is 6.22. The predicted molar refractivity (Wildman–Crippen MR) is 58.8 cm³/mol. The van der Waals surface area contributed by atoms with Crippen LogP contribution in [0.15, 0.2) is 5.38 Å². The van der Waals surface area contributed by atoms with Crippen molar-refractivity contribution >= 4 is 28.1 Å². The molecule has 1 rings (SSSR count). The van der Waals surface area contributed by atoms with Gasteiger partial charge in [-0.2, -0.15) is 0 Å². The van der Waals surface area contributed by atoms with Crippen LogP contribution in [0.4, 0.5) is 5.13 Å². The highest BCUT2D eigenvalue weighted by Crippen LogP contribution is 2.18. The van der Waals surface area contributed by atoms with Gasteiger partial charge in [0, 0.05) is 18.5 Å². The van der Waals surface area contributed by atoms with Crippen LogP contribution >= 0.6 is 22.9 Å². The molecule has 74 valence electrons. The van der Waals surface area contributed by atoms with Gasteiger partial charge >= 0.3 is 0 Å². The summed E-state index contributed by atoms with van der Waals surface area (Å²) >= 11 is 7.21. The lowest BCUT2D eigenvalue weighted by atomic mass is 10.5. The van der Waals surface area contributed by atoms with Gasteiger partial charge in [0.15, 0.2) is 5.13 Å². The van der Waals surface area contributed by atoms with E-state index in [4.69, 9.17) is 11.6 Å². The number of rotatable bonds is 5. The molecule has 1 aromatic rings. The summed E-state index contributed by atoms with van der Waals surface area (Å²) in [5.41, 5.74) is 0. The number of hydrogen-bond acceptors (Lipinski definition) is 4. The molecule has 0 aliphatic carbocycles. The van der Waals surface area contributed by atoms with Crippen molar-refractivity contribution in [3.63, 3.8) is 0 Å². The van der Waals surface area contributed by atoms with E-state index in [1.165, 1.54) is 11.3 Å². The van der Waals surface area contributed by atoms with Crippen molar-refractivity contribution in [2.45, 2.75) is 6.92 Å². The van der Waals surface area contributed by atoms with Gasteiger partial charge < -0.3 is 10.2 Å². The van der Waals surface area contributed by atoms with Gasteiger partial charge in [0.2, 0.25) is 0 Å². The number of halogens is 1. The fraction of sp³-hybridized carbons (Fsp3) is 0.625. The molecule has 1 aromatic heterocycles. The quantitative estimate of drug-likeness (QED) is 0.823. The third kappa shape index (κ3) is 3.93. The first-order valence-electron chi connectivity index (χ1n) is 4.26. The number of hydrogen-bond donors (Lipinski definition) is 1. The molecule has 1 N–H and O–H groups in total. The lowest BCUT2D eigenvalue weighted by molar-refractivity contribution is 0.367. The Labute approximate surface area is 87.7 Å². The van der Waals surface area contributed by atoms with Gasteiger partial charge in [-0.3, -0.25) is 0 Å². The third-order valence-electron chi connectivity index (χ3n) is 1.79. The maximum absolute atomic E-state index is 5.68. The van der Waals surface area contributed by atoms with E-state index < -0.39 is 0 Å². The van der Waals surface area contributed by atoms with Crippen LogP contribution in [0.1, 0.15) is 6.92 Å². The number of thiazole rings is 1. The van der Waals surface area contributed by atoms with Crippen LogP contribution < -0.4 is 5.32 Å². The van der Waals surface area contributed by atoms with Gasteiger partial charge in [-0.15, -0.1) is 11.3 Å². The molecule has 5 heteroatoms. The normalized spacial score (nSPS) is 10.8. The van der Waals surface area contributed by atoms with E-state index in [2.05, 4.69) is 29.2 Å². The predicted octanol–water partition coefficient (Wildman–Crippen LogP) is 2.16. The molecular weight excluding hydrogens is 206 g/mol. The van der Waals surface area contributed by atoms with Gasteiger partial charge in [-0.05, 0) is 13.6 Å². The van der Waals surface area contributed by atoms with Crippen LogP contribution in [-0.4, -0.2) is 36.6 Å². The number of anilines is 1. The van der Waals surface area contributed by atoms with Crippen LogP contribution in [-0.2, 0) is 0 Å². The van der Waals surface area contributed by atoms with Crippen molar-refractivity contribution in [1.82, 2.24) is 9.88 Å². The van der Waals surface area contributed by atoms with E-state index in [-0.39, 0.29) is 0 Å². The molecule has 0 fully saturated rings. The van der Waals surface area contributed by atoms with Crippen molar-refractivity contribution in [2.75, 3.05) is 32.0 Å². The van der Waals surface area contributed by atoms with Crippen LogP contribution in [0.3, 0.4) is 0 Å². The van der Waals surface area contributed by atoms with Gasteiger partial charge in [0.05, 0.1) is 0 Å². The Morgan fingerprint density at radius 1 is 1.69 bits per heavy atom. The molecule has 0 saturated carbocycles. The van der Waals surface area contributed by atoms with Gasteiger partial charge in [0.25, 0.3) is 0 Å². The van der Waals surface area contributed by atoms with Crippen LogP contribution in [0.2, 0.25) is 5.15 Å². The standard InChI is InChI=1S/C8H14ClN3S/c1-3-12(2)5-4-10-8-11-7(9)6-13-8/h6H,3-5H2,1-2H3,(H,10,11). The maximum atomic E-state index is 5.68. The zero-order chi connectivity index (χ0) is 9.68. The van der Waals surface area contributed by atoms with Crippen molar-refractivity contribution < 1.29 is 0 Å². The van der Waals surface area contributed by atoms with Gasteiger partial charge in [-0.1, -0.05) is 18.5 Å². The average molecular weight is 220 g/mol. The molecule has 0 radical (unpaired) electrons. The fourth-order valence-electron chi connectivity index (χ4n) is 0.847. The second-order valence-corrected chi connectivity index (χ2v) is 4.04. The maximum Gasteiger partial charge on any atom is 0.184 e. The van der Waals surface area contributed by atoms with Crippen molar-refractivity contribution in [3.8, 4) is 0 Å². The Kier molecular flexibility index (Phi) is 4.48. The summed E-state index contributed by atoms with van der Waals surface area (Å²) in [7, 11) is 2.09. The molecule has 0 bridgehead atoms. The van der Waals surface area contributed by atoms with E-state index in [1.807, 2.05) is 5.38 Å².